The first kappa shape index (κ1) is 62.7. The number of halogens is 1. The molecule has 2 saturated carbocycles. The number of nitrogens with zero attached hydrogens (tertiary/aromatic N) is 7. The first-order valence-corrected chi connectivity index (χ1v) is 31.4. The summed E-state index contributed by atoms with van der Waals surface area (Å²) in [5, 5.41) is 16.6. The number of pyridine rings is 1. The second-order valence-corrected chi connectivity index (χ2v) is 26.6. The normalized spacial score (nSPS) is 22.1. The van der Waals surface area contributed by atoms with Crippen LogP contribution < -0.4 is 25.7 Å². The number of unbranched alkanes of at least 4 members (excludes halogenated alkanes) is 2. The molecular formula is C57H79ClN10NiO8P2. The molecule has 3 heterocycles. The van der Waals surface area contributed by atoms with Crippen molar-refractivity contribution >= 4 is 49.5 Å². The minimum atomic E-state index is -4.66. The number of nitrogens with one attached hydrogen (secondary N) is 3. The molecule has 5 aromatic rings. The number of benzene rings is 3. The van der Waals surface area contributed by atoms with Gasteiger partial charge < -0.3 is 44.7 Å². The topological polar surface area (TPSA) is 235 Å². The van der Waals surface area contributed by atoms with Crippen molar-refractivity contribution in [2.45, 2.75) is 98.8 Å². The molecule has 0 spiro atoms. The number of aromatic nitrogens is 3. The van der Waals surface area contributed by atoms with Crippen LogP contribution in [0, 0.1) is 30.6 Å². The molecule has 2 amide bonds. The van der Waals surface area contributed by atoms with E-state index in [0.29, 0.717) is 55.9 Å². The van der Waals surface area contributed by atoms with Crippen LogP contribution >= 0.6 is 26.8 Å². The van der Waals surface area contributed by atoms with Crippen molar-refractivity contribution in [3.63, 3.8) is 0 Å². The predicted octanol–water partition coefficient (Wildman–Crippen LogP) is 6.16. The maximum atomic E-state index is 13.9. The summed E-state index contributed by atoms with van der Waals surface area (Å²) >= 11 is 6.42. The van der Waals surface area contributed by atoms with Crippen LogP contribution in [0.2, 0.25) is 5.02 Å². The van der Waals surface area contributed by atoms with E-state index in [2.05, 4.69) is 72.0 Å². The molecule has 432 valence electrons. The zero-order chi connectivity index (χ0) is 55.8. The molecule has 1 saturated heterocycles. The molecule has 5 N–H and O–H groups in total. The van der Waals surface area contributed by atoms with Gasteiger partial charge in [-0.3, -0.25) is 38.9 Å². The summed E-state index contributed by atoms with van der Waals surface area (Å²) in [4.78, 5) is 83.4. The molecule has 1 aliphatic heterocycles. The maximum absolute atomic E-state index is 13.9. The Morgan fingerprint density at radius 2 is 1.39 bits per heavy atom. The molecule has 5 unspecified atom stereocenters. The molecule has 0 radical (unpaired) electrons. The van der Waals surface area contributed by atoms with Gasteiger partial charge in [-0.2, -0.15) is 5.10 Å². The number of hydrogen-bond donors (Lipinski definition) is 5. The average molecular weight is 1190 g/mol. The van der Waals surface area contributed by atoms with Crippen molar-refractivity contribution in [2.24, 2.45) is 16.7 Å². The van der Waals surface area contributed by atoms with Gasteiger partial charge in [-0.15, -0.1) is 0 Å². The third kappa shape index (κ3) is 17.8. The average Bonchev–Trinajstić information content (AvgIpc) is 3.96. The van der Waals surface area contributed by atoms with E-state index in [1.54, 1.807) is 9.80 Å². The number of aryl methyl sites for hydroxylation is 2. The molecule has 3 aromatic carbocycles. The Kier molecular flexibility index (Phi) is 21.8. The van der Waals surface area contributed by atoms with Gasteiger partial charge in [0.25, 0.3) is 5.91 Å². The smallest absolute Gasteiger partial charge is 0.778 e. The fourth-order valence-electron chi connectivity index (χ4n) is 12.0. The van der Waals surface area contributed by atoms with E-state index in [1.165, 1.54) is 6.42 Å². The summed E-state index contributed by atoms with van der Waals surface area (Å²) in [5.41, 5.74) is 8.22. The second kappa shape index (κ2) is 27.5. The molecule has 79 heavy (non-hydrogen) atoms. The van der Waals surface area contributed by atoms with Gasteiger partial charge in [0, 0.05) is 94.0 Å². The van der Waals surface area contributed by atoms with Crippen molar-refractivity contribution < 1.29 is 54.8 Å². The SMILES string of the molecule is Cc1ccc2nc(CN3CCN(CP(=O)([O-])O)CCN(CC(=O)NCCCCCNCc4ccc(Cn5nc(C(=O)NC6C7(C)CCC(C7)C6(C)C)cc5-c5ccc(Cl)c(C)c5)cc4)CCN(CP(=O)([O-])O)CC3)ccc2c1.[Ni+2]. The van der Waals surface area contributed by atoms with E-state index in [9.17, 15) is 38.3 Å². The van der Waals surface area contributed by atoms with Crippen molar-refractivity contribution in [3.8, 4) is 11.3 Å². The number of carbonyl (C=O) groups excluding carboxylic acids is 2. The standard InChI is InChI=1S/C57H81ClN10O8P2.Ni/c1-41-9-18-50-45(31-41)14-16-48(61-50)37-64-23-27-66(39-77(71,72)73)29-25-65(26-30-67(28-24-64)40-78(74,75)76)38-53(69)60-22-8-6-7-21-59-35-43-10-12-44(13-11-43)36-68-52(46-15-17-49(58)42(2)32-46)33-51(63-68)54(70)62-55-56(3,4)47-19-20-57(55,5)34-47;/h9-18,31-33,47,55,59H,6-8,19-30,34-40H2,1-5H3,(H,60,69)(H,62,70)(H2,71,72,73)(H2,74,75,76);/q;+2/p-2. The van der Waals surface area contributed by atoms with Gasteiger partial charge in [0.1, 0.15) is 15.2 Å². The van der Waals surface area contributed by atoms with E-state index in [0.717, 1.165) is 88.8 Å². The maximum Gasteiger partial charge on any atom is 2.00 e. The number of carbonyl (C=O) groups is 2. The third-order valence-corrected chi connectivity index (χ3v) is 18.3. The second-order valence-electron chi connectivity index (χ2n) is 23.1. The zero-order valence-corrected chi connectivity index (χ0v) is 49.8. The Bertz CT molecular complexity index is 2930. The molecule has 22 heteroatoms. The predicted molar refractivity (Wildman–Crippen MR) is 303 cm³/mol. The van der Waals surface area contributed by atoms with Crippen molar-refractivity contribution in [1.82, 2.24) is 50.3 Å². The zero-order valence-electron chi connectivity index (χ0n) is 46.3. The van der Waals surface area contributed by atoms with Crippen molar-refractivity contribution in [3.05, 3.63) is 118 Å². The number of amides is 2. The van der Waals surface area contributed by atoms with E-state index in [-0.39, 0.29) is 91.0 Å². The Hall–Kier alpha value is -3.90. The monoisotopic (exact) mass is 1190 g/mol. The van der Waals surface area contributed by atoms with Gasteiger partial charge >= 0.3 is 16.5 Å². The Labute approximate surface area is 481 Å². The molecule has 18 nitrogen and oxygen atoms in total. The van der Waals surface area contributed by atoms with Crippen LogP contribution in [0.3, 0.4) is 0 Å². The van der Waals surface area contributed by atoms with Crippen LogP contribution in [-0.2, 0) is 50.1 Å². The summed E-state index contributed by atoms with van der Waals surface area (Å²) in [7, 11) is -9.33. The van der Waals surface area contributed by atoms with Crippen molar-refractivity contribution in [1.29, 1.82) is 0 Å². The molecule has 2 aromatic heterocycles. The minimum Gasteiger partial charge on any atom is -0.778 e. The summed E-state index contributed by atoms with van der Waals surface area (Å²) in [6.45, 7) is 16.1. The number of fused-ring (bicyclic) bond motifs is 3. The fourth-order valence-corrected chi connectivity index (χ4v) is 13.7. The van der Waals surface area contributed by atoms with Crippen LogP contribution in [0.15, 0.2) is 78.9 Å². The number of rotatable bonds is 21. The minimum absolute atomic E-state index is 0. The number of hydrogen-bond acceptors (Lipinski definition) is 13. The Morgan fingerprint density at radius 3 is 2.03 bits per heavy atom. The van der Waals surface area contributed by atoms with E-state index in [1.807, 2.05) is 72.0 Å². The van der Waals surface area contributed by atoms with E-state index < -0.39 is 27.8 Å². The summed E-state index contributed by atoms with van der Waals surface area (Å²) in [6.07, 6.45) is 4.95. The summed E-state index contributed by atoms with van der Waals surface area (Å²) < 4.78 is 26.2. The quantitative estimate of drug-likeness (QED) is 0.0314. The largest absolute Gasteiger partial charge is 2.00 e. The van der Waals surface area contributed by atoms with Crippen LogP contribution in [0.25, 0.3) is 22.2 Å². The third-order valence-electron chi connectivity index (χ3n) is 16.4. The van der Waals surface area contributed by atoms with E-state index >= 15 is 0 Å². The summed E-state index contributed by atoms with van der Waals surface area (Å²) in [6, 6.07) is 26.3. The van der Waals surface area contributed by atoms with Crippen LogP contribution in [0.4, 0.5) is 0 Å². The first-order valence-electron chi connectivity index (χ1n) is 27.5. The molecule has 2 aliphatic carbocycles. The van der Waals surface area contributed by atoms with Crippen molar-refractivity contribution in [2.75, 3.05) is 84.6 Å². The van der Waals surface area contributed by atoms with E-state index in [4.69, 9.17) is 21.7 Å². The fraction of sp³-hybridized carbons (Fsp3) is 0.544. The van der Waals surface area contributed by atoms with Gasteiger partial charge in [0.15, 0.2) is 5.69 Å². The summed E-state index contributed by atoms with van der Waals surface area (Å²) in [5.74, 6) is 0.259. The molecule has 3 aliphatic rings. The Balaban J connectivity index is 0.00000903. The van der Waals surface area contributed by atoms with Gasteiger partial charge in [-0.05, 0) is 122 Å². The molecule has 8 rings (SSSR count). The van der Waals surface area contributed by atoms with Crippen LogP contribution in [-0.4, -0.2) is 147 Å². The molecule has 5 atom stereocenters. The molecule has 2 bridgehead atoms. The Morgan fingerprint density at radius 1 is 0.759 bits per heavy atom. The van der Waals surface area contributed by atoms with Crippen LogP contribution in [0.5, 0.6) is 0 Å². The van der Waals surface area contributed by atoms with Gasteiger partial charge in [-0.25, -0.2) is 0 Å². The molecule has 3 fully saturated rings. The van der Waals surface area contributed by atoms with Crippen LogP contribution in [0.1, 0.15) is 97.7 Å². The van der Waals surface area contributed by atoms with Gasteiger partial charge in [0.2, 0.25) is 5.91 Å². The first-order chi connectivity index (χ1) is 37.0. The molecular weight excluding hydrogens is 1110 g/mol. The van der Waals surface area contributed by atoms with Gasteiger partial charge in [0.05, 0.1) is 42.6 Å². The van der Waals surface area contributed by atoms with Gasteiger partial charge in [-0.1, -0.05) is 86.8 Å².